The number of anilines is 1. The normalized spacial score (nSPS) is 13.9. The lowest BCUT2D eigenvalue weighted by atomic mass is 10.0. The van der Waals surface area contributed by atoms with Gasteiger partial charge in [-0.25, -0.2) is 0 Å². The van der Waals surface area contributed by atoms with E-state index in [4.69, 9.17) is 4.74 Å². The van der Waals surface area contributed by atoms with Crippen molar-refractivity contribution >= 4 is 5.69 Å². The number of halogens is 3. The van der Waals surface area contributed by atoms with Crippen molar-refractivity contribution in [2.24, 2.45) is 0 Å². The average Bonchev–Trinajstić information content (AvgIpc) is 2.45. The summed E-state index contributed by atoms with van der Waals surface area (Å²) < 4.78 is 46.5. The molecule has 0 radical (unpaired) electrons. The van der Waals surface area contributed by atoms with Crippen LogP contribution in [-0.2, 0) is 0 Å². The Bertz CT molecular complexity index is 656. The quantitative estimate of drug-likeness (QED) is 0.906. The van der Waals surface area contributed by atoms with E-state index in [-0.39, 0.29) is 5.75 Å². The Kier molecular flexibility index (Phi) is 3.37. The minimum absolute atomic E-state index is 0.249. The van der Waals surface area contributed by atoms with Gasteiger partial charge in [0.2, 0.25) is 0 Å². The van der Waals surface area contributed by atoms with Crippen molar-refractivity contribution in [2.75, 3.05) is 18.5 Å². The summed E-state index contributed by atoms with van der Waals surface area (Å²) in [6, 6.07) is 11.4. The Labute approximate surface area is 119 Å². The second kappa shape index (κ2) is 5.20. The molecular weight excluding hydrogens is 283 g/mol. The Morgan fingerprint density at radius 1 is 1.10 bits per heavy atom. The SMILES string of the molecule is FC(F)(F)Oc1cccc(-c2cccc3c2OCCN3)c1. The summed E-state index contributed by atoms with van der Waals surface area (Å²) in [5.41, 5.74) is 2.17. The first-order valence-electron chi connectivity index (χ1n) is 6.39. The van der Waals surface area contributed by atoms with Gasteiger partial charge >= 0.3 is 6.36 Å². The molecule has 1 N–H and O–H groups in total. The first kappa shape index (κ1) is 13.6. The summed E-state index contributed by atoms with van der Waals surface area (Å²) >= 11 is 0. The summed E-state index contributed by atoms with van der Waals surface area (Å²) in [6.07, 6.45) is -4.70. The number of ether oxygens (including phenoxy) is 2. The highest BCUT2D eigenvalue weighted by Crippen LogP contribution is 2.39. The lowest BCUT2D eigenvalue weighted by molar-refractivity contribution is -0.274. The van der Waals surface area contributed by atoms with Crippen molar-refractivity contribution in [2.45, 2.75) is 6.36 Å². The predicted molar refractivity (Wildman–Crippen MR) is 72.5 cm³/mol. The highest BCUT2D eigenvalue weighted by Gasteiger charge is 2.31. The number of nitrogens with one attached hydrogen (secondary N) is 1. The molecule has 0 bridgehead atoms. The van der Waals surface area contributed by atoms with Gasteiger partial charge in [-0.1, -0.05) is 24.3 Å². The summed E-state index contributed by atoms with van der Waals surface area (Å²) in [5.74, 6) is 0.397. The monoisotopic (exact) mass is 295 g/mol. The van der Waals surface area contributed by atoms with Crippen LogP contribution in [0, 0.1) is 0 Å². The number of fused-ring (bicyclic) bond motifs is 1. The molecule has 6 heteroatoms. The zero-order valence-corrected chi connectivity index (χ0v) is 10.9. The fraction of sp³-hybridized carbons (Fsp3) is 0.200. The van der Waals surface area contributed by atoms with E-state index >= 15 is 0 Å². The van der Waals surface area contributed by atoms with E-state index in [0.717, 1.165) is 11.3 Å². The Morgan fingerprint density at radius 3 is 2.71 bits per heavy atom. The molecule has 3 rings (SSSR count). The van der Waals surface area contributed by atoms with Crippen LogP contribution >= 0.6 is 0 Å². The largest absolute Gasteiger partial charge is 0.573 e. The summed E-state index contributed by atoms with van der Waals surface area (Å²) in [5, 5.41) is 3.19. The van der Waals surface area contributed by atoms with Crippen LogP contribution in [0.4, 0.5) is 18.9 Å². The zero-order valence-electron chi connectivity index (χ0n) is 10.9. The molecule has 0 aliphatic carbocycles. The van der Waals surface area contributed by atoms with Gasteiger partial charge < -0.3 is 14.8 Å². The molecule has 0 saturated heterocycles. The maximum atomic E-state index is 12.3. The lowest BCUT2D eigenvalue weighted by Gasteiger charge is -2.22. The maximum Gasteiger partial charge on any atom is 0.573 e. The zero-order chi connectivity index (χ0) is 14.9. The Hall–Kier alpha value is -2.37. The van der Waals surface area contributed by atoms with Gasteiger partial charge in [0.1, 0.15) is 18.1 Å². The minimum atomic E-state index is -4.70. The molecule has 0 amide bonds. The molecule has 0 saturated carbocycles. The van der Waals surface area contributed by atoms with Crippen molar-refractivity contribution in [1.29, 1.82) is 0 Å². The van der Waals surface area contributed by atoms with E-state index in [0.29, 0.717) is 24.5 Å². The van der Waals surface area contributed by atoms with Crippen LogP contribution in [-0.4, -0.2) is 19.5 Å². The van der Waals surface area contributed by atoms with Gasteiger partial charge in [-0.05, 0) is 23.8 Å². The molecule has 2 aromatic carbocycles. The van der Waals surface area contributed by atoms with Gasteiger partial charge in [0.05, 0.1) is 5.69 Å². The Morgan fingerprint density at radius 2 is 1.90 bits per heavy atom. The van der Waals surface area contributed by atoms with Crippen molar-refractivity contribution in [3.8, 4) is 22.6 Å². The van der Waals surface area contributed by atoms with Crippen LogP contribution in [0.3, 0.4) is 0 Å². The molecule has 1 heterocycles. The molecule has 0 unspecified atom stereocenters. The third kappa shape index (κ3) is 3.04. The molecule has 0 fully saturated rings. The first-order chi connectivity index (χ1) is 10.0. The van der Waals surface area contributed by atoms with Gasteiger partial charge in [-0.3, -0.25) is 0 Å². The Balaban J connectivity index is 1.99. The highest BCUT2D eigenvalue weighted by atomic mass is 19.4. The van der Waals surface area contributed by atoms with E-state index in [9.17, 15) is 13.2 Å². The number of hydrogen-bond acceptors (Lipinski definition) is 3. The summed E-state index contributed by atoms with van der Waals surface area (Å²) in [6.45, 7) is 1.22. The topological polar surface area (TPSA) is 30.5 Å². The van der Waals surface area contributed by atoms with E-state index in [1.54, 1.807) is 12.1 Å². The number of hydrogen-bond donors (Lipinski definition) is 1. The van der Waals surface area contributed by atoms with Crippen molar-refractivity contribution < 1.29 is 22.6 Å². The smallest absolute Gasteiger partial charge is 0.489 e. The molecule has 1 aliphatic rings. The van der Waals surface area contributed by atoms with Crippen LogP contribution in [0.5, 0.6) is 11.5 Å². The van der Waals surface area contributed by atoms with Crippen LogP contribution in [0.25, 0.3) is 11.1 Å². The molecule has 0 aromatic heterocycles. The number of para-hydroxylation sites is 1. The third-order valence-corrected chi connectivity index (χ3v) is 3.06. The standard InChI is InChI=1S/C15H12F3NO2/c16-15(17,18)21-11-4-1-3-10(9-11)12-5-2-6-13-14(12)20-8-7-19-13/h1-6,9,19H,7-8H2. The summed E-state index contributed by atoms with van der Waals surface area (Å²) in [7, 11) is 0. The van der Waals surface area contributed by atoms with Crippen molar-refractivity contribution in [3.05, 3.63) is 42.5 Å². The molecular formula is C15H12F3NO2. The molecule has 3 nitrogen and oxygen atoms in total. The van der Waals surface area contributed by atoms with Crippen molar-refractivity contribution in [1.82, 2.24) is 0 Å². The van der Waals surface area contributed by atoms with E-state index in [2.05, 4.69) is 10.1 Å². The number of benzene rings is 2. The van der Waals surface area contributed by atoms with Gasteiger partial charge in [-0.15, -0.1) is 13.2 Å². The minimum Gasteiger partial charge on any atom is -0.489 e. The van der Waals surface area contributed by atoms with Gasteiger partial charge in [0.25, 0.3) is 0 Å². The average molecular weight is 295 g/mol. The summed E-state index contributed by atoms with van der Waals surface area (Å²) in [4.78, 5) is 0. The van der Waals surface area contributed by atoms with Gasteiger partial charge in [-0.2, -0.15) is 0 Å². The third-order valence-electron chi connectivity index (χ3n) is 3.06. The van der Waals surface area contributed by atoms with E-state index in [1.165, 1.54) is 18.2 Å². The molecule has 0 atom stereocenters. The predicted octanol–water partition coefficient (Wildman–Crippen LogP) is 4.06. The van der Waals surface area contributed by atoms with Crippen LogP contribution < -0.4 is 14.8 Å². The van der Waals surface area contributed by atoms with Gasteiger partial charge in [0, 0.05) is 12.1 Å². The molecule has 2 aromatic rings. The molecule has 0 spiro atoms. The number of rotatable bonds is 2. The second-order valence-corrected chi connectivity index (χ2v) is 4.53. The van der Waals surface area contributed by atoms with Crippen LogP contribution in [0.1, 0.15) is 0 Å². The maximum absolute atomic E-state index is 12.3. The van der Waals surface area contributed by atoms with Crippen molar-refractivity contribution in [3.63, 3.8) is 0 Å². The van der Waals surface area contributed by atoms with Crippen LogP contribution in [0.2, 0.25) is 0 Å². The van der Waals surface area contributed by atoms with Gasteiger partial charge in [0.15, 0.2) is 0 Å². The second-order valence-electron chi connectivity index (χ2n) is 4.53. The number of alkyl halides is 3. The first-order valence-corrected chi connectivity index (χ1v) is 6.39. The van der Waals surface area contributed by atoms with Crippen LogP contribution in [0.15, 0.2) is 42.5 Å². The highest BCUT2D eigenvalue weighted by molar-refractivity contribution is 5.79. The van der Waals surface area contributed by atoms with E-state index < -0.39 is 6.36 Å². The fourth-order valence-electron chi connectivity index (χ4n) is 2.26. The lowest BCUT2D eigenvalue weighted by Crippen LogP contribution is -2.18. The molecule has 110 valence electrons. The molecule has 1 aliphatic heterocycles. The fourth-order valence-corrected chi connectivity index (χ4v) is 2.26. The molecule has 21 heavy (non-hydrogen) atoms. The van der Waals surface area contributed by atoms with E-state index in [1.807, 2.05) is 12.1 Å².